The minimum absolute atomic E-state index is 0.0413. The van der Waals surface area contributed by atoms with E-state index in [1.54, 1.807) is 0 Å². The van der Waals surface area contributed by atoms with Gasteiger partial charge in [0, 0.05) is 31.9 Å². The molecule has 0 aliphatic carbocycles. The average Bonchev–Trinajstić information content (AvgIpc) is 2.99. The van der Waals surface area contributed by atoms with Gasteiger partial charge >= 0.3 is 0 Å². The van der Waals surface area contributed by atoms with Crippen LogP contribution < -0.4 is 14.9 Å². The van der Waals surface area contributed by atoms with Gasteiger partial charge in [0.1, 0.15) is 59.1 Å². The molecule has 0 spiro atoms. The van der Waals surface area contributed by atoms with Crippen LogP contribution in [0.25, 0.3) is 22.3 Å². The Morgan fingerprint density at radius 1 is 0.636 bits per heavy atom. The number of phenolic OH excluding ortho intramolecular Hbond substituents is 3. The summed E-state index contributed by atoms with van der Waals surface area (Å²) in [6.07, 6.45) is -16.8. The summed E-state index contributed by atoms with van der Waals surface area (Å²) in [4.78, 5) is 13.8. The Bertz CT molecular complexity index is 1550. The molecule has 0 amide bonds. The lowest BCUT2D eigenvalue weighted by atomic mass is 10.0. The summed E-state index contributed by atoms with van der Waals surface area (Å²) in [5, 5.41) is 91.6. The molecule has 2 saturated heterocycles. The van der Waals surface area contributed by atoms with Gasteiger partial charge in [-0.2, -0.15) is 0 Å². The van der Waals surface area contributed by atoms with E-state index in [1.165, 1.54) is 13.2 Å². The van der Waals surface area contributed by atoms with Crippen LogP contribution in [0.2, 0.25) is 0 Å². The fraction of sp³-hybridized carbons (Fsp3) is 0.444. The molecule has 10 atom stereocenters. The number of methoxy groups -OCH3 is 2. The van der Waals surface area contributed by atoms with E-state index in [4.69, 9.17) is 32.8 Å². The molecule has 17 heteroatoms. The first-order chi connectivity index (χ1) is 20.9. The van der Waals surface area contributed by atoms with E-state index in [1.807, 2.05) is 0 Å². The maximum Gasteiger partial charge on any atom is 0.239 e. The number of aliphatic hydroxyl groups excluding tert-OH is 6. The van der Waals surface area contributed by atoms with Gasteiger partial charge in [-0.25, -0.2) is 0 Å². The standard InChI is InChI=1S/C27H30O17/c1-38-24-18(34)16(32)20(36)26(43-24)40-9-6-12(30)14-13(7-9)41-22(8-3-4-10(28)11(29)5-8)23(15(14)31)42-27-21(37)17(33)19(35)25(39-2)44-27/h3-7,16-21,24-30,32-37H,1-2H3. The first-order valence-electron chi connectivity index (χ1n) is 13.0. The van der Waals surface area contributed by atoms with Crippen molar-refractivity contribution in [3.05, 3.63) is 40.6 Å². The molecule has 0 radical (unpaired) electrons. The second kappa shape index (κ2) is 12.3. The molecule has 17 nitrogen and oxygen atoms in total. The van der Waals surface area contributed by atoms with Gasteiger partial charge in [0.05, 0.1) is 0 Å². The summed E-state index contributed by atoms with van der Waals surface area (Å²) in [5.74, 6) is -3.17. The van der Waals surface area contributed by atoms with Crippen molar-refractivity contribution in [2.45, 2.75) is 61.8 Å². The first kappa shape index (κ1) is 31.7. The highest BCUT2D eigenvalue weighted by atomic mass is 16.8. The number of ether oxygens (including phenoxy) is 6. The second-order valence-corrected chi connectivity index (χ2v) is 10.0. The van der Waals surface area contributed by atoms with Gasteiger partial charge < -0.3 is 78.8 Å². The predicted molar refractivity (Wildman–Crippen MR) is 142 cm³/mol. The number of benzene rings is 2. The zero-order chi connectivity index (χ0) is 32.0. The monoisotopic (exact) mass is 626 g/mol. The molecular formula is C27H30O17. The van der Waals surface area contributed by atoms with E-state index in [0.29, 0.717) is 0 Å². The molecule has 44 heavy (non-hydrogen) atoms. The van der Waals surface area contributed by atoms with Gasteiger partial charge in [0.15, 0.2) is 29.8 Å². The Morgan fingerprint density at radius 3 is 1.73 bits per heavy atom. The Labute approximate surface area is 246 Å². The molecule has 2 aromatic carbocycles. The summed E-state index contributed by atoms with van der Waals surface area (Å²) in [7, 11) is 2.33. The Kier molecular flexibility index (Phi) is 8.87. The maximum atomic E-state index is 13.8. The van der Waals surface area contributed by atoms with Gasteiger partial charge in [0.25, 0.3) is 0 Å². The fourth-order valence-corrected chi connectivity index (χ4v) is 4.76. The zero-order valence-electron chi connectivity index (χ0n) is 23.0. The third kappa shape index (κ3) is 5.61. The largest absolute Gasteiger partial charge is 0.507 e. The van der Waals surface area contributed by atoms with Crippen molar-refractivity contribution < 1.29 is 78.8 Å². The zero-order valence-corrected chi connectivity index (χ0v) is 23.0. The summed E-state index contributed by atoms with van der Waals surface area (Å²) < 4.78 is 37.7. The quantitative estimate of drug-likeness (QED) is 0.130. The molecule has 3 heterocycles. The summed E-state index contributed by atoms with van der Waals surface area (Å²) in [5.41, 5.74) is -1.40. The fourth-order valence-electron chi connectivity index (χ4n) is 4.76. The lowest BCUT2D eigenvalue weighted by Gasteiger charge is -2.39. The molecule has 9 N–H and O–H groups in total. The molecule has 2 fully saturated rings. The van der Waals surface area contributed by atoms with Crippen molar-refractivity contribution in [1.82, 2.24) is 0 Å². The van der Waals surface area contributed by atoms with Crippen molar-refractivity contribution in [2.24, 2.45) is 0 Å². The van der Waals surface area contributed by atoms with Crippen molar-refractivity contribution in [2.75, 3.05) is 14.2 Å². The highest BCUT2D eigenvalue weighted by molar-refractivity contribution is 5.88. The molecule has 3 aromatic rings. The van der Waals surface area contributed by atoms with Crippen LogP contribution in [0.4, 0.5) is 0 Å². The van der Waals surface area contributed by atoms with Gasteiger partial charge in [-0.05, 0) is 18.2 Å². The highest BCUT2D eigenvalue weighted by Gasteiger charge is 2.47. The molecule has 0 bridgehead atoms. The Morgan fingerprint density at radius 2 is 1.18 bits per heavy atom. The van der Waals surface area contributed by atoms with Gasteiger partial charge in [-0.3, -0.25) is 4.79 Å². The number of hydrogen-bond acceptors (Lipinski definition) is 17. The minimum atomic E-state index is -1.90. The normalized spacial score (nSPS) is 32.5. The van der Waals surface area contributed by atoms with E-state index >= 15 is 0 Å². The number of fused-ring (bicyclic) bond motifs is 1. The SMILES string of the molecule is COC1OC(Oc2cc(O)c3c(=O)c(OC4OC(OC)C(O)C(O)C4O)c(-c4ccc(O)c(O)c4)oc3c2)C(O)C(O)C1O. The smallest absolute Gasteiger partial charge is 0.239 e. The van der Waals surface area contributed by atoms with Gasteiger partial charge in [0.2, 0.25) is 23.8 Å². The van der Waals surface area contributed by atoms with E-state index in [9.17, 15) is 50.8 Å². The predicted octanol–water partition coefficient (Wildman–Crippen LogP) is -1.84. The maximum absolute atomic E-state index is 13.8. The number of rotatable bonds is 7. The van der Waals surface area contributed by atoms with Crippen LogP contribution in [0.5, 0.6) is 28.7 Å². The number of aliphatic hydroxyl groups is 6. The number of phenols is 3. The van der Waals surface area contributed by atoms with Crippen LogP contribution in [-0.2, 0) is 18.9 Å². The van der Waals surface area contributed by atoms with Crippen LogP contribution in [-0.4, -0.2) is 122 Å². The van der Waals surface area contributed by atoms with Crippen LogP contribution >= 0.6 is 0 Å². The number of hydrogen-bond donors (Lipinski definition) is 9. The van der Waals surface area contributed by atoms with E-state index < -0.39 is 101 Å². The van der Waals surface area contributed by atoms with Gasteiger partial charge in [-0.1, -0.05) is 0 Å². The topological polar surface area (TPSA) is 268 Å². The Hall–Kier alpha value is -3.75. The van der Waals surface area contributed by atoms with Gasteiger partial charge in [-0.15, -0.1) is 0 Å². The summed E-state index contributed by atoms with van der Waals surface area (Å²) in [6.45, 7) is 0. The van der Waals surface area contributed by atoms with Crippen LogP contribution in [0.15, 0.2) is 39.5 Å². The Balaban J connectivity index is 1.60. The van der Waals surface area contributed by atoms with Crippen LogP contribution in [0.3, 0.4) is 0 Å². The second-order valence-electron chi connectivity index (χ2n) is 10.0. The molecule has 0 saturated carbocycles. The van der Waals surface area contributed by atoms with E-state index in [2.05, 4.69) is 0 Å². The third-order valence-corrected chi connectivity index (χ3v) is 7.15. The molecule has 240 valence electrons. The van der Waals surface area contributed by atoms with Crippen LogP contribution in [0.1, 0.15) is 0 Å². The van der Waals surface area contributed by atoms with Crippen molar-refractivity contribution in [3.8, 4) is 40.1 Å². The molecular weight excluding hydrogens is 596 g/mol. The molecule has 2 aliphatic heterocycles. The molecule has 1 aromatic heterocycles. The average molecular weight is 627 g/mol. The first-order valence-corrected chi connectivity index (χ1v) is 13.0. The van der Waals surface area contributed by atoms with E-state index in [0.717, 1.165) is 31.4 Å². The van der Waals surface area contributed by atoms with E-state index in [-0.39, 0.29) is 16.9 Å². The van der Waals surface area contributed by atoms with Crippen LogP contribution in [0, 0.1) is 0 Å². The van der Waals surface area contributed by atoms with Crippen molar-refractivity contribution >= 4 is 11.0 Å². The molecule has 2 aliphatic rings. The third-order valence-electron chi connectivity index (χ3n) is 7.15. The minimum Gasteiger partial charge on any atom is -0.507 e. The highest BCUT2D eigenvalue weighted by Crippen LogP contribution is 2.40. The summed E-state index contributed by atoms with van der Waals surface area (Å²) in [6, 6.07) is 5.41. The molecule has 5 rings (SSSR count). The lowest BCUT2D eigenvalue weighted by molar-refractivity contribution is -0.327. The van der Waals surface area contributed by atoms with Crippen molar-refractivity contribution in [3.63, 3.8) is 0 Å². The molecule has 10 unspecified atom stereocenters. The number of aromatic hydroxyl groups is 3. The lowest BCUT2D eigenvalue weighted by Crippen LogP contribution is -2.59. The summed E-state index contributed by atoms with van der Waals surface area (Å²) >= 11 is 0. The van der Waals surface area contributed by atoms with Crippen molar-refractivity contribution in [1.29, 1.82) is 0 Å².